The highest BCUT2D eigenvalue weighted by molar-refractivity contribution is 5.21. The van der Waals surface area contributed by atoms with Gasteiger partial charge in [0, 0.05) is 0 Å². The van der Waals surface area contributed by atoms with E-state index in [4.69, 9.17) is 0 Å². The molecule has 0 saturated heterocycles. The summed E-state index contributed by atoms with van der Waals surface area (Å²) in [6, 6.07) is 0. The largest absolute Gasteiger partial charge is 0.393 e. The smallest absolute Gasteiger partial charge is 0.0654 e. The maximum absolute atomic E-state index is 11.8. The minimum atomic E-state index is -0.810. The van der Waals surface area contributed by atoms with Crippen molar-refractivity contribution in [3.8, 4) is 0 Å². The predicted octanol–water partition coefficient (Wildman–Crippen LogP) is 5.47. The van der Waals surface area contributed by atoms with Gasteiger partial charge in [-0.25, -0.2) is 0 Å². The topological polar surface area (TPSA) is 80.9 Å². The summed E-state index contributed by atoms with van der Waals surface area (Å²) in [5, 5.41) is 46.0. The molecule has 34 heavy (non-hydrogen) atoms. The van der Waals surface area contributed by atoms with Crippen molar-refractivity contribution in [1.82, 2.24) is 0 Å². The summed E-state index contributed by atoms with van der Waals surface area (Å²) in [5.41, 5.74) is -0.230. The zero-order chi connectivity index (χ0) is 25.5. The summed E-state index contributed by atoms with van der Waals surface area (Å²) < 4.78 is 0. The number of rotatable bonds is 4. The number of hydrogen-bond acceptors (Lipinski definition) is 4. The van der Waals surface area contributed by atoms with Gasteiger partial charge in [-0.15, -0.1) is 0 Å². The Bertz CT molecular complexity index is 813. The van der Waals surface area contributed by atoms with Crippen LogP contribution in [0.3, 0.4) is 0 Å². The Kier molecular flexibility index (Phi) is 6.50. The van der Waals surface area contributed by atoms with Crippen LogP contribution in [0.25, 0.3) is 0 Å². The van der Waals surface area contributed by atoms with Crippen LogP contribution in [0.1, 0.15) is 107 Å². The van der Waals surface area contributed by atoms with Crippen LogP contribution in [-0.4, -0.2) is 44.3 Å². The quantitative estimate of drug-likeness (QED) is 0.406. The fourth-order valence-electron chi connectivity index (χ4n) is 10.5. The number of fused-ring (bicyclic) bond motifs is 5. The second kappa shape index (κ2) is 8.30. The fraction of sp³-hybridized carbons (Fsp3) is 0.933. The lowest BCUT2D eigenvalue weighted by Crippen LogP contribution is -2.69. The highest BCUT2D eigenvalue weighted by Crippen LogP contribution is 2.75. The average Bonchev–Trinajstić information content (AvgIpc) is 3.07. The molecule has 196 valence electrons. The van der Waals surface area contributed by atoms with Crippen LogP contribution in [-0.2, 0) is 0 Å². The SMILES string of the molecule is CC(C)=CCC[C@](C)(O)C1CC[C@]2(C)C1C(O)CC1[C@@]3(C)CCC(O)C(C)(C)C3C(O)C[C@]12C. The summed E-state index contributed by atoms with van der Waals surface area (Å²) in [5.74, 6) is 0.442. The Hall–Kier alpha value is -0.420. The van der Waals surface area contributed by atoms with Crippen LogP contribution in [0.4, 0.5) is 0 Å². The third-order valence-electron chi connectivity index (χ3n) is 12.3. The lowest BCUT2D eigenvalue weighted by atomic mass is 9.34. The van der Waals surface area contributed by atoms with Crippen LogP contribution in [0.5, 0.6) is 0 Å². The molecule has 4 rings (SSSR count). The maximum Gasteiger partial charge on any atom is 0.0654 e. The van der Waals surface area contributed by atoms with Gasteiger partial charge < -0.3 is 20.4 Å². The van der Waals surface area contributed by atoms with Gasteiger partial charge in [0.25, 0.3) is 0 Å². The van der Waals surface area contributed by atoms with Crippen LogP contribution >= 0.6 is 0 Å². The molecule has 0 radical (unpaired) electrons. The molecule has 4 N–H and O–H groups in total. The molecular formula is C30H52O4. The molecule has 4 heteroatoms. The van der Waals surface area contributed by atoms with E-state index in [-0.39, 0.29) is 39.4 Å². The van der Waals surface area contributed by atoms with E-state index in [0.717, 1.165) is 51.4 Å². The first-order valence-corrected chi connectivity index (χ1v) is 13.9. The molecule has 4 aliphatic rings. The van der Waals surface area contributed by atoms with Gasteiger partial charge in [-0.1, -0.05) is 46.3 Å². The lowest BCUT2D eigenvalue weighted by molar-refractivity contribution is -0.274. The standard InChI is InChI=1S/C30H52O4/c1-18(2)10-9-13-30(8,34)19-11-15-28(6)24(19)20(31)16-22-27(5)14-12-23(33)26(3,4)25(27)21(32)17-29(22,28)7/h10,19-25,31-34H,9,11-17H2,1-8H3/t19?,20?,21?,22?,23?,24?,25?,27-,28-,29-,30+/m1/s1. The molecule has 4 aliphatic carbocycles. The molecule has 0 aromatic heterocycles. The molecular weight excluding hydrogens is 424 g/mol. The van der Waals surface area contributed by atoms with Crippen molar-refractivity contribution in [3.05, 3.63) is 11.6 Å². The summed E-state index contributed by atoms with van der Waals surface area (Å²) >= 11 is 0. The van der Waals surface area contributed by atoms with Crippen molar-refractivity contribution in [3.63, 3.8) is 0 Å². The molecule has 4 nitrogen and oxygen atoms in total. The van der Waals surface area contributed by atoms with Gasteiger partial charge in [0.15, 0.2) is 0 Å². The van der Waals surface area contributed by atoms with Crippen molar-refractivity contribution in [2.75, 3.05) is 0 Å². The monoisotopic (exact) mass is 476 g/mol. The molecule has 4 saturated carbocycles. The van der Waals surface area contributed by atoms with Gasteiger partial charge in [-0.05, 0) is 117 Å². The molecule has 0 aliphatic heterocycles. The fourth-order valence-corrected chi connectivity index (χ4v) is 10.5. The van der Waals surface area contributed by atoms with E-state index in [1.165, 1.54) is 5.57 Å². The second-order valence-corrected chi connectivity index (χ2v) is 14.7. The zero-order valence-corrected chi connectivity index (χ0v) is 23.1. The third kappa shape index (κ3) is 3.60. The maximum atomic E-state index is 11.8. The highest BCUT2D eigenvalue weighted by atomic mass is 16.3. The summed E-state index contributed by atoms with van der Waals surface area (Å²) in [6.45, 7) is 17.5. The zero-order valence-electron chi connectivity index (χ0n) is 23.1. The summed E-state index contributed by atoms with van der Waals surface area (Å²) in [4.78, 5) is 0. The summed E-state index contributed by atoms with van der Waals surface area (Å²) in [6.07, 6.45) is 7.54. The van der Waals surface area contributed by atoms with E-state index < -0.39 is 23.9 Å². The van der Waals surface area contributed by atoms with E-state index in [1.54, 1.807) is 0 Å². The minimum Gasteiger partial charge on any atom is -0.393 e. The van der Waals surface area contributed by atoms with Gasteiger partial charge in [-0.3, -0.25) is 0 Å². The van der Waals surface area contributed by atoms with Gasteiger partial charge in [0.1, 0.15) is 0 Å². The Morgan fingerprint density at radius 2 is 1.59 bits per heavy atom. The molecule has 7 unspecified atom stereocenters. The Labute approximate surface area is 208 Å². The number of aliphatic hydroxyl groups is 4. The van der Waals surface area contributed by atoms with E-state index in [1.807, 2.05) is 6.92 Å². The van der Waals surface area contributed by atoms with E-state index >= 15 is 0 Å². The minimum absolute atomic E-state index is 0.0264. The Morgan fingerprint density at radius 1 is 0.941 bits per heavy atom. The predicted molar refractivity (Wildman–Crippen MR) is 137 cm³/mol. The van der Waals surface area contributed by atoms with Crippen LogP contribution in [0.15, 0.2) is 11.6 Å². The van der Waals surface area contributed by atoms with Gasteiger partial charge >= 0.3 is 0 Å². The first-order valence-electron chi connectivity index (χ1n) is 13.9. The number of hydrogen-bond donors (Lipinski definition) is 4. The molecule has 0 amide bonds. The third-order valence-corrected chi connectivity index (χ3v) is 12.3. The van der Waals surface area contributed by atoms with Gasteiger partial charge in [0.2, 0.25) is 0 Å². The lowest BCUT2D eigenvalue weighted by Gasteiger charge is -2.71. The highest BCUT2D eigenvalue weighted by Gasteiger charge is 2.72. The molecule has 4 fully saturated rings. The van der Waals surface area contributed by atoms with Crippen molar-refractivity contribution >= 4 is 0 Å². The Morgan fingerprint density at radius 3 is 2.21 bits per heavy atom. The summed E-state index contributed by atoms with van der Waals surface area (Å²) in [7, 11) is 0. The van der Waals surface area contributed by atoms with Crippen LogP contribution < -0.4 is 0 Å². The number of allylic oxidation sites excluding steroid dienone is 2. The van der Waals surface area contributed by atoms with Crippen LogP contribution in [0, 0.1) is 45.3 Å². The van der Waals surface area contributed by atoms with E-state index in [9.17, 15) is 20.4 Å². The molecule has 0 aromatic rings. The molecule has 0 spiro atoms. The van der Waals surface area contributed by atoms with Crippen molar-refractivity contribution in [1.29, 1.82) is 0 Å². The molecule has 11 atom stereocenters. The van der Waals surface area contributed by atoms with E-state index in [2.05, 4.69) is 54.5 Å². The Balaban J connectivity index is 1.70. The van der Waals surface area contributed by atoms with Gasteiger partial charge in [-0.2, -0.15) is 0 Å². The van der Waals surface area contributed by atoms with E-state index in [0.29, 0.717) is 5.92 Å². The van der Waals surface area contributed by atoms with Crippen LogP contribution in [0.2, 0.25) is 0 Å². The average molecular weight is 477 g/mol. The molecule has 0 aromatic carbocycles. The van der Waals surface area contributed by atoms with Crippen molar-refractivity contribution in [2.24, 2.45) is 45.3 Å². The van der Waals surface area contributed by atoms with Gasteiger partial charge in [0.05, 0.1) is 23.9 Å². The first-order chi connectivity index (χ1) is 15.5. The molecule has 0 heterocycles. The second-order valence-electron chi connectivity index (χ2n) is 14.7. The van der Waals surface area contributed by atoms with Crippen molar-refractivity contribution < 1.29 is 20.4 Å². The first kappa shape index (κ1) is 26.6. The number of aliphatic hydroxyl groups excluding tert-OH is 3. The molecule has 0 bridgehead atoms. The van der Waals surface area contributed by atoms with Crippen molar-refractivity contribution in [2.45, 2.75) is 131 Å². The normalized spacial score (nSPS) is 51.6.